The summed E-state index contributed by atoms with van der Waals surface area (Å²) in [6, 6.07) is 12.1. The summed E-state index contributed by atoms with van der Waals surface area (Å²) in [7, 11) is -3.84. The maximum atomic E-state index is 13.6. The van der Waals surface area contributed by atoms with Gasteiger partial charge in [0.15, 0.2) is 5.60 Å². The molecule has 3 fully saturated rings. The van der Waals surface area contributed by atoms with Crippen LogP contribution in [0.1, 0.15) is 44.6 Å². The van der Waals surface area contributed by atoms with Crippen molar-refractivity contribution in [3.05, 3.63) is 54.1 Å². The van der Waals surface area contributed by atoms with Crippen molar-refractivity contribution in [2.45, 2.75) is 78.7 Å². The maximum Gasteiger partial charge on any atom is 0.421 e. The molecule has 0 aliphatic carbocycles. The van der Waals surface area contributed by atoms with Crippen molar-refractivity contribution in [1.82, 2.24) is 9.21 Å². The number of thiol groups is 1. The molecule has 2 aromatic carbocycles. The summed E-state index contributed by atoms with van der Waals surface area (Å²) < 4.78 is 68.9. The molecule has 0 aromatic heterocycles. The minimum atomic E-state index is -4.83. The lowest BCUT2D eigenvalue weighted by Gasteiger charge is -2.50. The third-order valence-corrected chi connectivity index (χ3v) is 11.1. The van der Waals surface area contributed by atoms with Crippen LogP contribution in [0, 0.1) is 0 Å². The fourth-order valence-corrected chi connectivity index (χ4v) is 8.36. The Bertz CT molecular complexity index is 1340. The number of halogens is 3. The van der Waals surface area contributed by atoms with E-state index in [0.29, 0.717) is 36.5 Å². The average molecular weight is 598 g/mol. The quantitative estimate of drug-likeness (QED) is 0.486. The van der Waals surface area contributed by atoms with E-state index in [2.05, 4.69) is 17.5 Å². The molecule has 0 radical (unpaired) electrons. The first kappa shape index (κ1) is 29.4. The summed E-state index contributed by atoms with van der Waals surface area (Å²) in [5.74, 6) is 0.258. The van der Waals surface area contributed by atoms with E-state index in [-0.39, 0.29) is 47.5 Å². The van der Waals surface area contributed by atoms with Gasteiger partial charge in [0.2, 0.25) is 10.0 Å². The summed E-state index contributed by atoms with van der Waals surface area (Å²) >= 11 is 4.36. The van der Waals surface area contributed by atoms with Gasteiger partial charge in [-0.05, 0) is 49.6 Å². The Morgan fingerprint density at radius 3 is 2.23 bits per heavy atom. The van der Waals surface area contributed by atoms with Gasteiger partial charge in [0.25, 0.3) is 0 Å². The van der Waals surface area contributed by atoms with Crippen LogP contribution >= 0.6 is 12.6 Å². The number of Topliss-reactive ketones (excluding diaryl/α,β-unsaturated/α-hetero) is 1. The lowest BCUT2D eigenvalue weighted by Crippen LogP contribution is -2.62. The molecule has 3 aliphatic rings. The third kappa shape index (κ3) is 5.53. The molecule has 1 N–H and O–H groups in total. The van der Waals surface area contributed by atoms with Crippen LogP contribution in [-0.4, -0.2) is 79.0 Å². The van der Waals surface area contributed by atoms with Gasteiger partial charge in [-0.25, -0.2) is 8.42 Å². The van der Waals surface area contributed by atoms with Gasteiger partial charge in [0.05, 0.1) is 10.9 Å². The van der Waals surface area contributed by atoms with Crippen LogP contribution in [0.4, 0.5) is 18.9 Å². The van der Waals surface area contributed by atoms with E-state index in [0.717, 1.165) is 26.2 Å². The number of hydrogen-bond acceptors (Lipinski definition) is 7. The number of sulfonamides is 1. The molecule has 0 amide bonds. The fraction of sp³-hybridized carbons (Fsp3) is 0.536. The second-order valence-corrected chi connectivity index (χ2v) is 13.6. The van der Waals surface area contributed by atoms with Gasteiger partial charge in [-0.1, -0.05) is 30.7 Å². The van der Waals surface area contributed by atoms with Gasteiger partial charge >= 0.3 is 6.18 Å². The zero-order valence-electron chi connectivity index (χ0n) is 22.2. The highest BCUT2D eigenvalue weighted by molar-refractivity contribution is 7.90. The molecule has 2 aromatic rings. The van der Waals surface area contributed by atoms with E-state index >= 15 is 0 Å². The first-order chi connectivity index (χ1) is 18.8. The predicted molar refractivity (Wildman–Crippen MR) is 148 cm³/mol. The minimum Gasteiger partial charge on any atom is -0.376 e. The molecule has 218 valence electrons. The highest BCUT2D eigenvalue weighted by atomic mass is 32.2. The number of hydrogen-bond donors (Lipinski definition) is 2. The zero-order chi connectivity index (χ0) is 28.9. The Morgan fingerprint density at radius 2 is 1.62 bits per heavy atom. The van der Waals surface area contributed by atoms with Crippen LogP contribution in [0.25, 0.3) is 0 Å². The second-order valence-electron chi connectivity index (χ2n) is 11.2. The normalized spacial score (nSPS) is 26.5. The fourth-order valence-electron chi connectivity index (χ4n) is 6.30. The zero-order valence-corrected chi connectivity index (χ0v) is 23.9. The van der Waals surface area contributed by atoms with Gasteiger partial charge in [-0.15, -0.1) is 12.6 Å². The van der Waals surface area contributed by atoms with Gasteiger partial charge in [0.1, 0.15) is 5.78 Å². The average Bonchev–Trinajstić information content (AvgIpc) is 2.89. The van der Waals surface area contributed by atoms with Crippen molar-refractivity contribution in [3.63, 3.8) is 0 Å². The van der Waals surface area contributed by atoms with E-state index < -0.39 is 21.8 Å². The van der Waals surface area contributed by atoms with Crippen molar-refractivity contribution in [3.8, 4) is 0 Å². The molecule has 3 saturated heterocycles. The molecule has 12 heteroatoms. The summed E-state index contributed by atoms with van der Waals surface area (Å²) in [5.41, 5.74) is -2.61. The number of piperazine rings is 1. The lowest BCUT2D eigenvalue weighted by molar-refractivity contribution is -0.258. The molecular weight excluding hydrogens is 563 g/mol. The SMILES string of the molecule is CC(O)(c1ccc(N2CCN(S(=O)(=O)c3ccccc3S)C[C@@H]2CN2C3CCCC2CC(=O)C3)cc1)C(F)(F)F. The standard InChI is InChI=1S/C28H34F3N3O4S2/c1-27(36,28(29,30)31)19-9-11-20(12-10-19)33-14-13-32(40(37,38)26-8-3-2-7-25(26)39)17-23(33)18-34-21-5-4-6-22(34)16-24(35)15-21/h2-3,7-12,21-23,36,39H,4-6,13-18H2,1H3/t21?,22?,23-,27?/m1/s1. The van der Waals surface area contributed by atoms with Crippen LogP contribution in [0.15, 0.2) is 58.3 Å². The monoisotopic (exact) mass is 597 g/mol. The number of fused-ring (bicyclic) bond motifs is 2. The largest absolute Gasteiger partial charge is 0.421 e. The first-order valence-corrected chi connectivity index (χ1v) is 15.4. The van der Waals surface area contributed by atoms with Crippen LogP contribution < -0.4 is 4.90 Å². The number of rotatable bonds is 6. The molecule has 3 unspecified atom stereocenters. The van der Waals surface area contributed by atoms with Crippen molar-refractivity contribution < 1.29 is 31.5 Å². The van der Waals surface area contributed by atoms with E-state index in [1.54, 1.807) is 30.3 Å². The van der Waals surface area contributed by atoms with Crippen LogP contribution in [0.3, 0.4) is 0 Å². The van der Waals surface area contributed by atoms with E-state index in [1.165, 1.54) is 22.5 Å². The molecular formula is C28H34F3N3O4S2. The van der Waals surface area contributed by atoms with Crippen LogP contribution in [-0.2, 0) is 20.4 Å². The van der Waals surface area contributed by atoms with E-state index in [9.17, 15) is 31.5 Å². The predicted octanol–water partition coefficient (Wildman–Crippen LogP) is 4.21. The third-order valence-electron chi connectivity index (χ3n) is 8.60. The Kier molecular flexibility index (Phi) is 8.03. The number of ketones is 1. The van der Waals surface area contributed by atoms with Crippen molar-refractivity contribution >= 4 is 34.1 Å². The van der Waals surface area contributed by atoms with Crippen molar-refractivity contribution in [1.29, 1.82) is 0 Å². The van der Waals surface area contributed by atoms with Gasteiger partial charge < -0.3 is 10.0 Å². The molecule has 5 rings (SSSR count). The molecule has 7 nitrogen and oxygen atoms in total. The second kappa shape index (κ2) is 10.9. The Morgan fingerprint density at radius 1 is 1.00 bits per heavy atom. The molecule has 0 spiro atoms. The molecule has 3 aliphatic heterocycles. The number of benzene rings is 2. The topological polar surface area (TPSA) is 81.2 Å². The van der Waals surface area contributed by atoms with Crippen LogP contribution in [0.2, 0.25) is 0 Å². The van der Waals surface area contributed by atoms with Crippen LogP contribution in [0.5, 0.6) is 0 Å². The molecule has 4 atom stereocenters. The Hall–Kier alpha value is -2.12. The van der Waals surface area contributed by atoms with Gasteiger partial charge in [-0.3, -0.25) is 9.69 Å². The molecule has 40 heavy (non-hydrogen) atoms. The van der Waals surface area contributed by atoms with E-state index in [1.807, 2.05) is 4.90 Å². The molecule has 3 heterocycles. The van der Waals surface area contributed by atoms with Crippen molar-refractivity contribution in [2.24, 2.45) is 0 Å². The number of aliphatic hydroxyl groups is 1. The number of anilines is 1. The summed E-state index contributed by atoms with van der Waals surface area (Å²) in [5, 5.41) is 10.1. The lowest BCUT2D eigenvalue weighted by atomic mass is 9.83. The van der Waals surface area contributed by atoms with Gasteiger partial charge in [-0.2, -0.15) is 17.5 Å². The van der Waals surface area contributed by atoms with Crippen molar-refractivity contribution in [2.75, 3.05) is 31.1 Å². The minimum absolute atomic E-state index is 0.108. The maximum absolute atomic E-state index is 13.6. The highest BCUT2D eigenvalue weighted by Gasteiger charge is 2.51. The first-order valence-electron chi connectivity index (χ1n) is 13.5. The highest BCUT2D eigenvalue weighted by Crippen LogP contribution is 2.40. The summed E-state index contributed by atoms with van der Waals surface area (Å²) in [4.78, 5) is 17.2. The molecule has 2 bridgehead atoms. The Balaban J connectivity index is 1.45. The number of carbonyl (C=O) groups is 1. The smallest absolute Gasteiger partial charge is 0.376 e. The molecule has 0 saturated carbocycles. The number of alkyl halides is 3. The van der Waals surface area contributed by atoms with E-state index in [4.69, 9.17) is 0 Å². The number of nitrogens with zero attached hydrogens (tertiary/aromatic N) is 3. The summed E-state index contributed by atoms with van der Waals surface area (Å²) in [6.07, 6.45) is -0.994. The summed E-state index contributed by atoms with van der Waals surface area (Å²) in [6.45, 7) is 1.95. The number of piperidine rings is 2. The number of carbonyl (C=O) groups excluding carboxylic acids is 1. The van der Waals surface area contributed by atoms with Gasteiger partial charge in [0, 0.05) is 61.7 Å². The Labute approximate surface area is 238 Å².